The average molecular weight is 230 g/mol. The van der Waals surface area contributed by atoms with Crippen LogP contribution in [0.25, 0.3) is 0 Å². The van der Waals surface area contributed by atoms with Crippen molar-refractivity contribution >= 4 is 11.6 Å². The molecule has 13 heavy (non-hydrogen) atoms. The first kappa shape index (κ1) is 12.8. The van der Waals surface area contributed by atoms with Crippen LogP contribution in [0.5, 0.6) is 0 Å². The highest BCUT2D eigenvalue weighted by atomic mass is 35.5. The Labute approximate surface area is 75.3 Å². The van der Waals surface area contributed by atoms with Crippen LogP contribution in [-0.4, -0.2) is 29.4 Å². The maximum absolute atomic E-state index is 11.7. The van der Waals surface area contributed by atoms with Crippen molar-refractivity contribution in [3.05, 3.63) is 0 Å². The topological polar surface area (TPSA) is 3.24 Å². The molecule has 1 unspecified atom stereocenters. The zero-order valence-electron chi connectivity index (χ0n) is 6.38. The molecule has 0 aliphatic rings. The first-order valence-electron chi connectivity index (χ1n) is 3.10. The fourth-order valence-electron chi connectivity index (χ4n) is 0.602. The zero-order chi connectivity index (χ0) is 10.9. The van der Waals surface area contributed by atoms with Gasteiger partial charge in [0.1, 0.15) is 0 Å². The van der Waals surface area contributed by atoms with E-state index in [1.54, 1.807) is 0 Å². The van der Waals surface area contributed by atoms with Gasteiger partial charge in [0.15, 0.2) is 0 Å². The van der Waals surface area contributed by atoms with Crippen molar-refractivity contribution in [2.24, 2.45) is 0 Å². The predicted molar refractivity (Wildman–Crippen MR) is 34.1 cm³/mol. The second-order valence-corrected chi connectivity index (χ2v) is 3.07. The Morgan fingerprint density at radius 3 is 1.46 bits per heavy atom. The van der Waals surface area contributed by atoms with Crippen LogP contribution >= 0.6 is 11.6 Å². The van der Waals surface area contributed by atoms with Crippen LogP contribution in [0.2, 0.25) is 0 Å². The van der Waals surface area contributed by atoms with Gasteiger partial charge in [0.25, 0.3) is 0 Å². The first-order chi connectivity index (χ1) is 5.55. The summed E-state index contributed by atoms with van der Waals surface area (Å²) >= 11 is 5.04. The van der Waals surface area contributed by atoms with Gasteiger partial charge in [-0.05, 0) is 6.92 Å². The summed E-state index contributed by atoms with van der Waals surface area (Å²) in [5.74, 6) is 0. The number of nitrogens with zero attached hydrogens (tertiary/aromatic N) is 1. The minimum Gasteiger partial charge on any atom is -0.155 e. The van der Waals surface area contributed by atoms with Gasteiger partial charge in [-0.3, -0.25) is 0 Å². The quantitative estimate of drug-likeness (QED) is 0.400. The molecule has 0 aliphatic heterocycles. The third kappa shape index (κ3) is 4.56. The lowest BCUT2D eigenvalue weighted by atomic mass is 10.4. The minimum absolute atomic E-state index is 1.05. The van der Waals surface area contributed by atoms with E-state index in [9.17, 15) is 26.3 Å². The largest absolute Gasteiger partial charge is 0.467 e. The van der Waals surface area contributed by atoms with Gasteiger partial charge in [0.05, 0.1) is 0 Å². The third-order valence-corrected chi connectivity index (χ3v) is 1.18. The second kappa shape index (κ2) is 3.91. The lowest BCUT2D eigenvalue weighted by Crippen LogP contribution is -2.50. The molecule has 0 rings (SSSR count). The Balaban J connectivity index is 4.58. The van der Waals surface area contributed by atoms with E-state index in [4.69, 9.17) is 11.6 Å². The minimum atomic E-state index is -5.44. The molecule has 0 heterocycles. The molecule has 80 valence electrons. The second-order valence-electron chi connectivity index (χ2n) is 2.33. The molecule has 0 saturated carbocycles. The molecule has 0 saturated heterocycles. The zero-order valence-corrected chi connectivity index (χ0v) is 7.13. The summed E-state index contributed by atoms with van der Waals surface area (Å²) < 4.78 is 70.3. The van der Waals surface area contributed by atoms with Crippen molar-refractivity contribution in [1.82, 2.24) is 4.90 Å². The van der Waals surface area contributed by atoms with Crippen molar-refractivity contribution in [3.8, 4) is 0 Å². The van der Waals surface area contributed by atoms with Gasteiger partial charge in [-0.1, -0.05) is 0 Å². The molecule has 0 spiro atoms. The summed E-state index contributed by atoms with van der Waals surface area (Å²) in [6, 6.07) is 0. The molecule has 0 aromatic carbocycles. The van der Waals surface area contributed by atoms with Crippen LogP contribution < -0.4 is 0 Å². The molecule has 0 amide bonds. The molecule has 0 aliphatic carbocycles. The molecule has 0 bridgehead atoms. The van der Waals surface area contributed by atoms with E-state index in [-0.39, 0.29) is 0 Å². The fourth-order valence-corrected chi connectivity index (χ4v) is 0.740. The van der Waals surface area contributed by atoms with Crippen molar-refractivity contribution in [2.75, 3.05) is 6.54 Å². The van der Waals surface area contributed by atoms with E-state index in [1.165, 1.54) is 0 Å². The standard InChI is InChI=1S/C5H6ClF6N/c1-3(6)2-13(4(7,8)9)5(10,11)12/h3H,2H2,1H3. The highest BCUT2D eigenvalue weighted by Gasteiger charge is 2.53. The number of rotatable bonds is 2. The Kier molecular flexibility index (Phi) is 3.86. The molecular weight excluding hydrogens is 224 g/mol. The first-order valence-corrected chi connectivity index (χ1v) is 3.54. The number of hydrogen-bond donors (Lipinski definition) is 0. The van der Waals surface area contributed by atoms with Gasteiger partial charge < -0.3 is 0 Å². The van der Waals surface area contributed by atoms with Crippen molar-refractivity contribution in [3.63, 3.8) is 0 Å². The Hall–Kier alpha value is -0.170. The summed E-state index contributed by atoms with van der Waals surface area (Å²) in [4.78, 5) is -1.56. The number of alkyl halides is 7. The van der Waals surface area contributed by atoms with Gasteiger partial charge >= 0.3 is 12.6 Å². The third-order valence-electron chi connectivity index (χ3n) is 1.05. The summed E-state index contributed by atoms with van der Waals surface area (Å²) in [6.45, 7) is -0.263. The SMILES string of the molecule is CC(Cl)CN(C(F)(F)F)C(F)(F)F. The highest BCUT2D eigenvalue weighted by Crippen LogP contribution is 2.33. The molecule has 1 atom stereocenters. The summed E-state index contributed by atoms with van der Waals surface area (Å²) in [5, 5.41) is -1.23. The van der Waals surface area contributed by atoms with Crippen LogP contribution in [0.4, 0.5) is 26.3 Å². The predicted octanol–water partition coefficient (Wildman–Crippen LogP) is 2.96. The van der Waals surface area contributed by atoms with E-state index in [0.717, 1.165) is 6.92 Å². The van der Waals surface area contributed by atoms with E-state index in [2.05, 4.69) is 0 Å². The lowest BCUT2D eigenvalue weighted by molar-refractivity contribution is -0.372. The molecule has 0 aromatic heterocycles. The van der Waals surface area contributed by atoms with E-state index in [1.807, 2.05) is 0 Å². The van der Waals surface area contributed by atoms with Gasteiger partial charge in [-0.2, -0.15) is 26.3 Å². The monoisotopic (exact) mass is 229 g/mol. The lowest BCUT2D eigenvalue weighted by Gasteiger charge is -2.27. The molecular formula is C5H6ClF6N. The smallest absolute Gasteiger partial charge is 0.155 e. The maximum Gasteiger partial charge on any atom is 0.467 e. The summed E-state index contributed by atoms with van der Waals surface area (Å²) in [5.41, 5.74) is 0. The average Bonchev–Trinajstić information content (AvgIpc) is 1.77. The number of hydrogen-bond acceptors (Lipinski definition) is 1. The number of halogens is 7. The Morgan fingerprint density at radius 1 is 1.08 bits per heavy atom. The molecule has 0 N–H and O–H groups in total. The van der Waals surface area contributed by atoms with E-state index >= 15 is 0 Å². The Bertz CT molecular complexity index is 147. The molecule has 0 fully saturated rings. The molecule has 0 aromatic rings. The summed E-state index contributed by atoms with van der Waals surface area (Å²) in [7, 11) is 0. The van der Waals surface area contributed by atoms with E-state index < -0.39 is 29.4 Å². The normalized spacial score (nSPS) is 16.4. The van der Waals surface area contributed by atoms with Gasteiger partial charge in [-0.25, -0.2) is 0 Å². The van der Waals surface area contributed by atoms with Crippen molar-refractivity contribution < 1.29 is 26.3 Å². The molecule has 1 nitrogen and oxygen atoms in total. The van der Waals surface area contributed by atoms with Crippen LogP contribution in [0, 0.1) is 0 Å². The highest BCUT2D eigenvalue weighted by molar-refractivity contribution is 6.20. The molecule has 8 heteroatoms. The Morgan fingerprint density at radius 2 is 1.38 bits per heavy atom. The van der Waals surface area contributed by atoms with Gasteiger partial charge in [-0.15, -0.1) is 16.5 Å². The fraction of sp³-hybridized carbons (Fsp3) is 1.00. The maximum atomic E-state index is 11.7. The summed E-state index contributed by atoms with van der Waals surface area (Å²) in [6.07, 6.45) is -10.9. The van der Waals surface area contributed by atoms with Crippen LogP contribution in [0.3, 0.4) is 0 Å². The van der Waals surface area contributed by atoms with E-state index in [0.29, 0.717) is 0 Å². The van der Waals surface area contributed by atoms with Gasteiger partial charge in [0, 0.05) is 11.9 Å². The van der Waals surface area contributed by atoms with Gasteiger partial charge in [0.2, 0.25) is 0 Å². The van der Waals surface area contributed by atoms with Crippen LogP contribution in [-0.2, 0) is 0 Å². The van der Waals surface area contributed by atoms with Crippen molar-refractivity contribution in [2.45, 2.75) is 24.9 Å². The van der Waals surface area contributed by atoms with Crippen LogP contribution in [0.1, 0.15) is 6.92 Å². The van der Waals surface area contributed by atoms with Crippen molar-refractivity contribution in [1.29, 1.82) is 0 Å². The molecule has 0 radical (unpaired) electrons. The van der Waals surface area contributed by atoms with Crippen LogP contribution in [0.15, 0.2) is 0 Å².